The summed E-state index contributed by atoms with van der Waals surface area (Å²) in [7, 11) is 0. The minimum Gasteiger partial charge on any atom is -0.390 e. The van der Waals surface area contributed by atoms with Crippen molar-refractivity contribution in [2.75, 3.05) is 0 Å². The van der Waals surface area contributed by atoms with Crippen molar-refractivity contribution in [2.24, 2.45) is 0 Å². The molecule has 1 aromatic heterocycles. The third-order valence-electron chi connectivity index (χ3n) is 3.82. The van der Waals surface area contributed by atoms with Crippen LogP contribution in [0.4, 0.5) is 0 Å². The molecule has 3 rings (SSSR count). The number of aliphatic hydroxyl groups is 1. The average molecular weight is 242 g/mol. The topological polar surface area (TPSA) is 48.9 Å². The number of nitrogens with zero attached hydrogens (tertiary/aromatic N) is 1. The second kappa shape index (κ2) is 3.95. The number of aryl methyl sites for hydroxylation is 1. The van der Waals surface area contributed by atoms with Gasteiger partial charge in [-0.2, -0.15) is 5.10 Å². The lowest BCUT2D eigenvalue weighted by molar-refractivity contribution is 0.0395. The smallest absolute Gasteiger partial charge is 0.0691 e. The second-order valence-corrected chi connectivity index (χ2v) is 5.55. The van der Waals surface area contributed by atoms with E-state index in [9.17, 15) is 5.11 Å². The molecule has 2 atom stereocenters. The van der Waals surface area contributed by atoms with Gasteiger partial charge in [0, 0.05) is 23.6 Å². The van der Waals surface area contributed by atoms with E-state index in [1.807, 2.05) is 25.1 Å². The first-order chi connectivity index (χ1) is 8.57. The van der Waals surface area contributed by atoms with E-state index in [4.69, 9.17) is 0 Å². The zero-order valence-corrected chi connectivity index (χ0v) is 10.8. The van der Waals surface area contributed by atoms with E-state index in [2.05, 4.69) is 29.3 Å². The monoisotopic (exact) mass is 242 g/mol. The second-order valence-electron chi connectivity index (χ2n) is 5.55. The lowest BCUT2D eigenvalue weighted by Crippen LogP contribution is -2.34. The number of hydrogen-bond acceptors (Lipinski definition) is 2. The van der Waals surface area contributed by atoms with Crippen LogP contribution in [0.15, 0.2) is 30.3 Å². The maximum absolute atomic E-state index is 10.4. The van der Waals surface area contributed by atoms with Gasteiger partial charge in [-0.25, -0.2) is 0 Å². The van der Waals surface area contributed by atoms with Crippen LogP contribution in [-0.2, 0) is 6.42 Å². The van der Waals surface area contributed by atoms with Gasteiger partial charge >= 0.3 is 0 Å². The van der Waals surface area contributed by atoms with E-state index < -0.39 is 5.60 Å². The van der Waals surface area contributed by atoms with E-state index in [1.54, 1.807) is 0 Å². The molecule has 2 aromatic rings. The molecule has 1 heterocycles. The van der Waals surface area contributed by atoms with Gasteiger partial charge in [-0.1, -0.05) is 30.3 Å². The number of benzene rings is 1. The summed E-state index contributed by atoms with van der Waals surface area (Å²) in [6.07, 6.45) is 1.39. The van der Waals surface area contributed by atoms with Gasteiger partial charge in [0.1, 0.15) is 0 Å². The molecule has 0 bridgehead atoms. The van der Waals surface area contributed by atoms with Gasteiger partial charge in [-0.3, -0.25) is 5.10 Å². The van der Waals surface area contributed by atoms with Crippen LogP contribution < -0.4 is 0 Å². The highest BCUT2D eigenvalue weighted by Crippen LogP contribution is 2.41. The molecule has 0 unspecified atom stereocenters. The Kier molecular flexibility index (Phi) is 2.52. The summed E-state index contributed by atoms with van der Waals surface area (Å²) in [5.41, 5.74) is 3.98. The largest absolute Gasteiger partial charge is 0.390 e. The van der Waals surface area contributed by atoms with Crippen LogP contribution in [0.5, 0.6) is 0 Å². The highest BCUT2D eigenvalue weighted by molar-refractivity contribution is 5.40. The number of nitrogens with one attached hydrogen (secondary N) is 1. The van der Waals surface area contributed by atoms with Gasteiger partial charge in [0.2, 0.25) is 0 Å². The van der Waals surface area contributed by atoms with Gasteiger partial charge in [0.15, 0.2) is 0 Å². The standard InChI is InChI=1S/C15H18N2O/c1-10-14-12(11-6-4-3-5-7-11)8-15(2,18)9-13(14)17-16-10/h3-7,12,18H,8-9H2,1-2H3,(H,16,17)/t12-,15+/m1/s1. The number of rotatable bonds is 1. The molecule has 0 aliphatic heterocycles. The van der Waals surface area contributed by atoms with Crippen LogP contribution in [0, 0.1) is 6.92 Å². The number of H-pyrrole nitrogens is 1. The lowest BCUT2D eigenvalue weighted by Gasteiger charge is -2.34. The van der Waals surface area contributed by atoms with E-state index in [0.29, 0.717) is 6.42 Å². The molecule has 1 aromatic carbocycles. The third kappa shape index (κ3) is 1.85. The minimum atomic E-state index is -0.671. The Bertz CT molecular complexity index is 557. The van der Waals surface area contributed by atoms with Crippen molar-refractivity contribution >= 4 is 0 Å². The fourth-order valence-corrected chi connectivity index (χ4v) is 3.03. The lowest BCUT2D eigenvalue weighted by atomic mass is 9.74. The summed E-state index contributed by atoms with van der Waals surface area (Å²) in [6, 6.07) is 10.4. The quantitative estimate of drug-likeness (QED) is 0.807. The van der Waals surface area contributed by atoms with Gasteiger partial charge in [0.05, 0.1) is 11.3 Å². The average Bonchev–Trinajstić information content (AvgIpc) is 2.69. The Morgan fingerprint density at radius 1 is 1.33 bits per heavy atom. The molecule has 3 nitrogen and oxygen atoms in total. The van der Waals surface area contributed by atoms with Crippen molar-refractivity contribution in [3.63, 3.8) is 0 Å². The SMILES string of the molecule is Cc1[nH]nc2c1[C@@H](c1ccccc1)C[C@](C)(O)C2. The van der Waals surface area contributed by atoms with Crippen LogP contribution in [0.1, 0.15) is 41.8 Å². The van der Waals surface area contributed by atoms with Crippen LogP contribution in [0.2, 0.25) is 0 Å². The summed E-state index contributed by atoms with van der Waals surface area (Å²) < 4.78 is 0. The van der Waals surface area contributed by atoms with Gasteiger partial charge in [-0.05, 0) is 25.8 Å². The molecule has 3 heteroatoms. The predicted octanol–water partition coefficient (Wildman–Crippen LogP) is 2.55. The third-order valence-corrected chi connectivity index (χ3v) is 3.82. The molecule has 18 heavy (non-hydrogen) atoms. The highest BCUT2D eigenvalue weighted by atomic mass is 16.3. The molecule has 0 radical (unpaired) electrons. The molecular formula is C15H18N2O. The van der Waals surface area contributed by atoms with Crippen molar-refractivity contribution in [1.82, 2.24) is 10.2 Å². The fourth-order valence-electron chi connectivity index (χ4n) is 3.03. The van der Waals surface area contributed by atoms with Crippen LogP contribution >= 0.6 is 0 Å². The molecule has 0 spiro atoms. The van der Waals surface area contributed by atoms with Crippen molar-refractivity contribution < 1.29 is 5.11 Å². The molecule has 1 aliphatic rings. The van der Waals surface area contributed by atoms with E-state index in [1.165, 1.54) is 11.1 Å². The van der Waals surface area contributed by atoms with Crippen molar-refractivity contribution in [2.45, 2.75) is 38.2 Å². The molecule has 0 saturated carbocycles. The Hall–Kier alpha value is -1.61. The molecule has 0 fully saturated rings. The highest BCUT2D eigenvalue weighted by Gasteiger charge is 2.37. The summed E-state index contributed by atoms with van der Waals surface area (Å²) in [5, 5.41) is 17.8. The van der Waals surface area contributed by atoms with Crippen molar-refractivity contribution in [3.05, 3.63) is 52.8 Å². The Labute approximate surface area is 107 Å². The molecule has 0 saturated heterocycles. The minimum absolute atomic E-state index is 0.240. The van der Waals surface area contributed by atoms with E-state index >= 15 is 0 Å². The van der Waals surface area contributed by atoms with Crippen molar-refractivity contribution in [3.8, 4) is 0 Å². The number of aromatic amines is 1. The molecular weight excluding hydrogens is 224 g/mol. The predicted molar refractivity (Wildman–Crippen MR) is 70.6 cm³/mol. The summed E-state index contributed by atoms with van der Waals surface area (Å²) in [5.74, 6) is 0.240. The number of hydrogen-bond donors (Lipinski definition) is 2. The maximum atomic E-state index is 10.4. The first-order valence-electron chi connectivity index (χ1n) is 6.38. The Morgan fingerprint density at radius 2 is 2.06 bits per heavy atom. The van der Waals surface area contributed by atoms with Gasteiger partial charge < -0.3 is 5.11 Å². The van der Waals surface area contributed by atoms with Gasteiger partial charge in [0.25, 0.3) is 0 Å². The fraction of sp³-hybridized carbons (Fsp3) is 0.400. The zero-order valence-electron chi connectivity index (χ0n) is 10.8. The normalized spacial score (nSPS) is 26.9. The molecule has 2 N–H and O–H groups in total. The Balaban J connectivity index is 2.12. The number of aromatic nitrogens is 2. The molecule has 1 aliphatic carbocycles. The Morgan fingerprint density at radius 3 is 2.78 bits per heavy atom. The van der Waals surface area contributed by atoms with Gasteiger partial charge in [-0.15, -0.1) is 0 Å². The first kappa shape index (κ1) is 11.5. The number of fused-ring (bicyclic) bond motifs is 1. The summed E-state index contributed by atoms with van der Waals surface area (Å²) in [4.78, 5) is 0. The summed E-state index contributed by atoms with van der Waals surface area (Å²) >= 11 is 0. The zero-order chi connectivity index (χ0) is 12.8. The molecule has 0 amide bonds. The first-order valence-corrected chi connectivity index (χ1v) is 6.38. The maximum Gasteiger partial charge on any atom is 0.0691 e. The van der Waals surface area contributed by atoms with E-state index in [0.717, 1.165) is 17.8 Å². The van der Waals surface area contributed by atoms with Crippen LogP contribution in [0.25, 0.3) is 0 Å². The van der Waals surface area contributed by atoms with Crippen LogP contribution in [0.3, 0.4) is 0 Å². The van der Waals surface area contributed by atoms with Crippen LogP contribution in [-0.4, -0.2) is 20.9 Å². The summed E-state index contributed by atoms with van der Waals surface area (Å²) in [6.45, 7) is 3.96. The van der Waals surface area contributed by atoms with Crippen molar-refractivity contribution in [1.29, 1.82) is 0 Å². The van der Waals surface area contributed by atoms with E-state index in [-0.39, 0.29) is 5.92 Å². The molecule has 94 valence electrons.